The molecule has 0 spiro atoms. The van der Waals surface area contributed by atoms with E-state index in [2.05, 4.69) is 25.5 Å². The summed E-state index contributed by atoms with van der Waals surface area (Å²) in [6.45, 7) is 3.71. The van der Waals surface area contributed by atoms with Crippen molar-refractivity contribution in [1.82, 2.24) is 15.3 Å². The number of aromatic nitrogens is 2. The van der Waals surface area contributed by atoms with Crippen molar-refractivity contribution in [3.8, 4) is 0 Å². The van der Waals surface area contributed by atoms with Crippen LogP contribution in [0.15, 0.2) is 18.2 Å². The highest BCUT2D eigenvalue weighted by Crippen LogP contribution is 2.20. The van der Waals surface area contributed by atoms with E-state index >= 15 is 0 Å². The highest BCUT2D eigenvalue weighted by molar-refractivity contribution is 5.89. The van der Waals surface area contributed by atoms with Crippen molar-refractivity contribution in [3.63, 3.8) is 0 Å². The van der Waals surface area contributed by atoms with Crippen LogP contribution in [0.5, 0.6) is 0 Å². The van der Waals surface area contributed by atoms with Gasteiger partial charge in [-0.15, -0.1) is 0 Å². The van der Waals surface area contributed by atoms with E-state index in [4.69, 9.17) is 0 Å². The van der Waals surface area contributed by atoms with Gasteiger partial charge in [0, 0.05) is 24.8 Å². The summed E-state index contributed by atoms with van der Waals surface area (Å²) in [4.78, 5) is 22.7. The van der Waals surface area contributed by atoms with Gasteiger partial charge in [0.1, 0.15) is 11.6 Å². The molecule has 1 aromatic carbocycles. The SMILES string of the molecule is Cc1cc(N2CCCC2)nc(CNC(=O)Nc2ccc(F)c(F)c2F)n1. The number of aryl methyl sites for hydroxylation is 1. The largest absolute Gasteiger partial charge is 0.357 e. The van der Waals surface area contributed by atoms with Gasteiger partial charge in [0.2, 0.25) is 0 Å². The number of nitrogens with one attached hydrogen (secondary N) is 2. The molecule has 2 heterocycles. The molecular formula is C17H18F3N5O. The van der Waals surface area contributed by atoms with Crippen LogP contribution in [0.2, 0.25) is 0 Å². The Morgan fingerprint density at radius 1 is 1.15 bits per heavy atom. The Bertz CT molecular complexity index is 824. The standard InChI is InChI=1S/C17H18F3N5O/c1-10-8-14(25-6-2-3-7-25)24-13(22-10)9-21-17(26)23-12-5-4-11(18)15(19)16(12)20/h4-5,8H,2-3,6-7,9H2,1H3,(H2,21,23,26). The van der Waals surface area contributed by atoms with Crippen molar-refractivity contribution in [2.75, 3.05) is 23.3 Å². The average molecular weight is 365 g/mol. The van der Waals surface area contributed by atoms with Crippen molar-refractivity contribution in [2.45, 2.75) is 26.3 Å². The quantitative estimate of drug-likeness (QED) is 0.817. The van der Waals surface area contributed by atoms with Crippen molar-refractivity contribution in [1.29, 1.82) is 0 Å². The molecule has 1 fully saturated rings. The van der Waals surface area contributed by atoms with Gasteiger partial charge < -0.3 is 15.5 Å². The van der Waals surface area contributed by atoms with Crippen LogP contribution in [0.4, 0.5) is 29.5 Å². The summed E-state index contributed by atoms with van der Waals surface area (Å²) in [5, 5.41) is 4.61. The minimum absolute atomic E-state index is 0.0135. The molecule has 0 radical (unpaired) electrons. The summed E-state index contributed by atoms with van der Waals surface area (Å²) in [5.74, 6) is -3.20. The first-order valence-electron chi connectivity index (χ1n) is 8.22. The lowest BCUT2D eigenvalue weighted by Gasteiger charge is -2.17. The Balaban J connectivity index is 1.63. The number of amides is 2. The number of hydrogen-bond donors (Lipinski definition) is 2. The minimum atomic E-state index is -1.64. The Morgan fingerprint density at radius 3 is 2.62 bits per heavy atom. The maximum Gasteiger partial charge on any atom is 0.319 e. The van der Waals surface area contributed by atoms with Crippen molar-refractivity contribution < 1.29 is 18.0 Å². The van der Waals surface area contributed by atoms with E-state index in [9.17, 15) is 18.0 Å². The molecule has 3 rings (SSSR count). The maximum atomic E-state index is 13.6. The van der Waals surface area contributed by atoms with E-state index in [1.54, 1.807) is 0 Å². The fourth-order valence-electron chi connectivity index (χ4n) is 2.75. The Hall–Kier alpha value is -2.84. The maximum absolute atomic E-state index is 13.6. The molecule has 1 saturated heterocycles. The van der Waals surface area contributed by atoms with Crippen LogP contribution < -0.4 is 15.5 Å². The molecule has 0 aliphatic carbocycles. The Kier molecular flexibility index (Phi) is 5.24. The first-order valence-corrected chi connectivity index (χ1v) is 8.22. The highest BCUT2D eigenvalue weighted by atomic mass is 19.2. The molecule has 1 aliphatic rings. The zero-order valence-electron chi connectivity index (χ0n) is 14.2. The van der Waals surface area contributed by atoms with Gasteiger partial charge in [-0.3, -0.25) is 0 Å². The second kappa shape index (κ2) is 7.59. The number of benzene rings is 1. The molecule has 1 aromatic heterocycles. The molecule has 2 amide bonds. The van der Waals surface area contributed by atoms with Crippen LogP contribution in [-0.2, 0) is 6.54 Å². The van der Waals surface area contributed by atoms with Gasteiger partial charge in [0.05, 0.1) is 12.2 Å². The second-order valence-electron chi connectivity index (χ2n) is 6.01. The molecule has 2 N–H and O–H groups in total. The molecule has 0 unspecified atom stereocenters. The summed E-state index contributed by atoms with van der Waals surface area (Å²) < 4.78 is 39.7. The van der Waals surface area contributed by atoms with Gasteiger partial charge in [-0.05, 0) is 31.9 Å². The Labute approximate surface area is 148 Å². The van der Waals surface area contributed by atoms with Crippen molar-refractivity contribution in [2.24, 2.45) is 0 Å². The van der Waals surface area contributed by atoms with Gasteiger partial charge >= 0.3 is 6.03 Å². The third kappa shape index (κ3) is 4.04. The van der Waals surface area contributed by atoms with Gasteiger partial charge in [-0.2, -0.15) is 0 Å². The zero-order valence-corrected chi connectivity index (χ0v) is 14.2. The molecular weight excluding hydrogens is 347 g/mol. The van der Waals surface area contributed by atoms with Gasteiger partial charge in [0.25, 0.3) is 0 Å². The summed E-state index contributed by atoms with van der Waals surface area (Å²) in [6, 6.07) is 2.79. The number of carbonyl (C=O) groups excluding carboxylic acids is 1. The third-order valence-corrected chi connectivity index (χ3v) is 4.01. The van der Waals surface area contributed by atoms with Crippen LogP contribution in [0.1, 0.15) is 24.4 Å². The highest BCUT2D eigenvalue weighted by Gasteiger charge is 2.17. The van der Waals surface area contributed by atoms with Crippen LogP contribution in [0.3, 0.4) is 0 Å². The number of urea groups is 1. The van der Waals surface area contributed by atoms with E-state index in [0.717, 1.165) is 49.6 Å². The van der Waals surface area contributed by atoms with Gasteiger partial charge in [-0.25, -0.2) is 27.9 Å². The van der Waals surface area contributed by atoms with Gasteiger partial charge in [0.15, 0.2) is 17.5 Å². The molecule has 0 bridgehead atoms. The number of carbonyl (C=O) groups is 1. The number of hydrogen-bond acceptors (Lipinski definition) is 4. The topological polar surface area (TPSA) is 70.2 Å². The molecule has 1 aliphatic heterocycles. The lowest BCUT2D eigenvalue weighted by atomic mass is 10.3. The molecule has 26 heavy (non-hydrogen) atoms. The van der Waals surface area contributed by atoms with E-state index in [1.807, 2.05) is 13.0 Å². The molecule has 138 valence electrons. The lowest BCUT2D eigenvalue weighted by molar-refractivity contribution is 0.251. The third-order valence-electron chi connectivity index (χ3n) is 4.01. The number of anilines is 2. The number of halogens is 3. The van der Waals surface area contributed by atoms with E-state index in [1.165, 1.54) is 0 Å². The van der Waals surface area contributed by atoms with Crippen molar-refractivity contribution in [3.05, 3.63) is 47.2 Å². The van der Waals surface area contributed by atoms with Gasteiger partial charge in [-0.1, -0.05) is 0 Å². The first-order chi connectivity index (χ1) is 12.4. The predicted molar refractivity (Wildman–Crippen MR) is 90.4 cm³/mol. The van der Waals surface area contributed by atoms with Crippen LogP contribution in [-0.4, -0.2) is 29.1 Å². The summed E-state index contributed by atoms with van der Waals surface area (Å²) in [6.07, 6.45) is 2.22. The molecule has 6 nitrogen and oxygen atoms in total. The average Bonchev–Trinajstić information content (AvgIpc) is 3.15. The summed E-state index contributed by atoms with van der Waals surface area (Å²) >= 11 is 0. The molecule has 0 saturated carbocycles. The number of rotatable bonds is 4. The monoisotopic (exact) mass is 365 g/mol. The lowest BCUT2D eigenvalue weighted by Crippen LogP contribution is -2.30. The fourth-order valence-corrected chi connectivity index (χ4v) is 2.75. The second-order valence-corrected chi connectivity index (χ2v) is 6.01. The predicted octanol–water partition coefficient (Wildman–Crippen LogP) is 3.12. The van der Waals surface area contributed by atoms with E-state index in [-0.39, 0.29) is 6.54 Å². The molecule has 2 aromatic rings. The molecule has 9 heteroatoms. The number of nitrogens with zero attached hydrogens (tertiary/aromatic N) is 3. The molecule has 0 atom stereocenters. The Morgan fingerprint density at radius 2 is 1.88 bits per heavy atom. The van der Waals surface area contributed by atoms with Crippen LogP contribution in [0, 0.1) is 24.4 Å². The summed E-state index contributed by atoms with van der Waals surface area (Å²) in [7, 11) is 0. The smallest absolute Gasteiger partial charge is 0.319 e. The van der Waals surface area contributed by atoms with E-state index < -0.39 is 29.2 Å². The zero-order chi connectivity index (χ0) is 18.7. The summed E-state index contributed by atoms with van der Waals surface area (Å²) in [5.41, 5.74) is 0.315. The minimum Gasteiger partial charge on any atom is -0.357 e. The van der Waals surface area contributed by atoms with Crippen LogP contribution >= 0.6 is 0 Å². The first kappa shape index (κ1) is 18.0. The normalized spacial score (nSPS) is 13.8. The van der Waals surface area contributed by atoms with Crippen LogP contribution in [0.25, 0.3) is 0 Å². The fraction of sp³-hybridized carbons (Fsp3) is 0.353. The van der Waals surface area contributed by atoms with Crippen molar-refractivity contribution >= 4 is 17.5 Å². The van der Waals surface area contributed by atoms with E-state index in [0.29, 0.717) is 5.82 Å².